The number of aromatic nitrogens is 2. The summed E-state index contributed by atoms with van der Waals surface area (Å²) < 4.78 is 29.1. The van der Waals surface area contributed by atoms with Crippen LogP contribution in [0.3, 0.4) is 0 Å². The van der Waals surface area contributed by atoms with Gasteiger partial charge in [-0.05, 0) is 30.3 Å². The van der Waals surface area contributed by atoms with Crippen LogP contribution in [0.15, 0.2) is 72.8 Å². The maximum absolute atomic E-state index is 14.2. The Bertz CT molecular complexity index is 1200. The molecule has 156 valence electrons. The van der Waals surface area contributed by atoms with Crippen molar-refractivity contribution >= 4 is 28.0 Å². The molecule has 0 saturated heterocycles. The zero-order chi connectivity index (χ0) is 20.2. The van der Waals surface area contributed by atoms with E-state index in [-0.39, 0.29) is 22.8 Å². The van der Waals surface area contributed by atoms with Crippen LogP contribution in [0.2, 0.25) is 0 Å². The summed E-state index contributed by atoms with van der Waals surface area (Å²) in [7, 11) is 1.61. The van der Waals surface area contributed by atoms with Crippen LogP contribution >= 0.6 is 17.0 Å². The summed E-state index contributed by atoms with van der Waals surface area (Å²) >= 11 is 0. The number of benzene rings is 3. The predicted octanol–water partition coefficient (Wildman–Crippen LogP) is 4.78. The molecule has 0 radical (unpaired) electrons. The molecule has 1 N–H and O–H groups in total. The molecule has 3 aromatic carbocycles. The summed E-state index contributed by atoms with van der Waals surface area (Å²) in [5.74, 6) is 1.07. The number of halogens is 2. The molecule has 4 aromatic rings. The summed E-state index contributed by atoms with van der Waals surface area (Å²) in [6.07, 6.45) is 0. The SMILES string of the molecule is Br.COc1ccccc1OCCn1c(=N)n(Cc2ccccc2F)c2ccccc21. The van der Waals surface area contributed by atoms with Gasteiger partial charge in [-0.3, -0.25) is 5.41 Å². The number of ether oxygens (including phenoxy) is 2. The van der Waals surface area contributed by atoms with Crippen molar-refractivity contribution in [3.8, 4) is 11.5 Å². The van der Waals surface area contributed by atoms with Crippen molar-refractivity contribution in [3.63, 3.8) is 0 Å². The van der Waals surface area contributed by atoms with E-state index in [2.05, 4.69) is 0 Å². The van der Waals surface area contributed by atoms with Crippen molar-refractivity contribution < 1.29 is 13.9 Å². The second kappa shape index (κ2) is 9.63. The number of fused-ring (bicyclic) bond motifs is 1. The Morgan fingerprint density at radius 1 is 0.833 bits per heavy atom. The van der Waals surface area contributed by atoms with Gasteiger partial charge in [-0.2, -0.15) is 0 Å². The molecule has 0 aliphatic carbocycles. The first-order valence-electron chi connectivity index (χ1n) is 9.41. The molecule has 5 nitrogen and oxygen atoms in total. The minimum absolute atomic E-state index is 0. The molecule has 1 heterocycles. The van der Waals surface area contributed by atoms with E-state index in [0.29, 0.717) is 42.4 Å². The molecular weight excluding hydrogens is 449 g/mol. The number of hydrogen-bond acceptors (Lipinski definition) is 3. The van der Waals surface area contributed by atoms with Gasteiger partial charge in [0.25, 0.3) is 0 Å². The van der Waals surface area contributed by atoms with Gasteiger partial charge in [0.05, 0.1) is 31.2 Å². The van der Waals surface area contributed by atoms with E-state index in [1.807, 2.05) is 63.7 Å². The summed E-state index contributed by atoms with van der Waals surface area (Å²) in [6, 6.07) is 21.9. The van der Waals surface area contributed by atoms with Crippen LogP contribution in [0.25, 0.3) is 11.0 Å². The third kappa shape index (κ3) is 4.26. The molecule has 0 bridgehead atoms. The van der Waals surface area contributed by atoms with E-state index in [1.54, 1.807) is 19.2 Å². The number of rotatable bonds is 7. The average Bonchev–Trinajstić information content (AvgIpc) is 3.01. The van der Waals surface area contributed by atoms with Crippen LogP contribution in [0, 0.1) is 11.2 Å². The van der Waals surface area contributed by atoms with Gasteiger partial charge in [0, 0.05) is 5.56 Å². The maximum atomic E-state index is 14.2. The van der Waals surface area contributed by atoms with Gasteiger partial charge in [-0.15, -0.1) is 17.0 Å². The number of nitrogens with one attached hydrogen (secondary N) is 1. The van der Waals surface area contributed by atoms with Gasteiger partial charge in [0.15, 0.2) is 11.5 Å². The zero-order valence-electron chi connectivity index (χ0n) is 16.5. The lowest BCUT2D eigenvalue weighted by atomic mass is 10.2. The maximum Gasteiger partial charge on any atom is 0.203 e. The first-order chi connectivity index (χ1) is 14.2. The highest BCUT2D eigenvalue weighted by atomic mass is 79.9. The van der Waals surface area contributed by atoms with Crippen molar-refractivity contribution in [3.05, 3.63) is 89.8 Å². The molecule has 0 spiro atoms. The third-order valence-electron chi connectivity index (χ3n) is 4.90. The molecule has 30 heavy (non-hydrogen) atoms. The number of imidazole rings is 1. The largest absolute Gasteiger partial charge is 0.493 e. The van der Waals surface area contributed by atoms with E-state index >= 15 is 0 Å². The van der Waals surface area contributed by atoms with Crippen molar-refractivity contribution in [1.29, 1.82) is 5.41 Å². The fourth-order valence-electron chi connectivity index (χ4n) is 3.46. The van der Waals surface area contributed by atoms with Crippen molar-refractivity contribution in [2.45, 2.75) is 13.1 Å². The number of nitrogens with zero attached hydrogens (tertiary/aromatic N) is 2. The van der Waals surface area contributed by atoms with E-state index in [1.165, 1.54) is 6.07 Å². The fraction of sp³-hybridized carbons (Fsp3) is 0.174. The van der Waals surface area contributed by atoms with Crippen molar-refractivity contribution in [1.82, 2.24) is 9.13 Å². The van der Waals surface area contributed by atoms with Crippen LogP contribution in [0.4, 0.5) is 4.39 Å². The van der Waals surface area contributed by atoms with Gasteiger partial charge in [0.1, 0.15) is 12.4 Å². The number of para-hydroxylation sites is 4. The van der Waals surface area contributed by atoms with Crippen LogP contribution in [0.1, 0.15) is 5.56 Å². The second-order valence-electron chi connectivity index (χ2n) is 6.64. The van der Waals surface area contributed by atoms with E-state index < -0.39 is 0 Å². The molecule has 0 fully saturated rings. The van der Waals surface area contributed by atoms with Gasteiger partial charge in [-0.1, -0.05) is 42.5 Å². The molecule has 0 aliphatic heterocycles. The highest BCUT2D eigenvalue weighted by Gasteiger charge is 2.13. The van der Waals surface area contributed by atoms with Crippen LogP contribution in [0.5, 0.6) is 11.5 Å². The second-order valence-corrected chi connectivity index (χ2v) is 6.64. The average molecular weight is 472 g/mol. The predicted molar refractivity (Wildman–Crippen MR) is 120 cm³/mol. The number of methoxy groups -OCH3 is 1. The summed E-state index contributed by atoms with van der Waals surface area (Å²) in [5.41, 5.74) is 2.66. The van der Waals surface area contributed by atoms with Gasteiger partial charge in [-0.25, -0.2) is 4.39 Å². The number of hydrogen-bond donors (Lipinski definition) is 1. The van der Waals surface area contributed by atoms with E-state index in [9.17, 15) is 4.39 Å². The van der Waals surface area contributed by atoms with E-state index in [0.717, 1.165) is 11.0 Å². The summed E-state index contributed by atoms with van der Waals surface area (Å²) in [5, 5.41) is 8.68. The first-order valence-corrected chi connectivity index (χ1v) is 9.41. The van der Waals surface area contributed by atoms with Gasteiger partial charge >= 0.3 is 0 Å². The molecule has 1 aromatic heterocycles. The Balaban J connectivity index is 0.00000256. The highest BCUT2D eigenvalue weighted by molar-refractivity contribution is 8.93. The van der Waals surface area contributed by atoms with E-state index in [4.69, 9.17) is 14.9 Å². The Labute approximate surface area is 184 Å². The highest BCUT2D eigenvalue weighted by Crippen LogP contribution is 2.25. The van der Waals surface area contributed by atoms with Crippen LogP contribution < -0.4 is 15.1 Å². The minimum Gasteiger partial charge on any atom is -0.493 e. The Hall–Kier alpha value is -3.06. The molecule has 0 aliphatic rings. The quantitative estimate of drug-likeness (QED) is 0.421. The fourth-order valence-corrected chi connectivity index (χ4v) is 3.46. The summed E-state index contributed by atoms with van der Waals surface area (Å²) in [4.78, 5) is 0. The van der Waals surface area contributed by atoms with Gasteiger partial charge < -0.3 is 18.6 Å². The molecule has 0 amide bonds. The lowest BCUT2D eigenvalue weighted by Gasteiger charge is -2.11. The molecule has 4 rings (SSSR count). The standard InChI is InChI=1S/C23H22FN3O2.BrH/c1-28-21-12-6-7-13-22(21)29-15-14-26-19-10-4-5-11-20(19)27(23(26)25)16-17-8-2-3-9-18(17)24;/h2-13,25H,14-16H2,1H3;1H. The smallest absolute Gasteiger partial charge is 0.203 e. The topological polar surface area (TPSA) is 52.2 Å². The monoisotopic (exact) mass is 471 g/mol. The molecule has 0 atom stereocenters. The Kier molecular flexibility index (Phi) is 6.95. The lowest BCUT2D eigenvalue weighted by Crippen LogP contribution is -2.27. The Morgan fingerprint density at radius 2 is 1.43 bits per heavy atom. The summed E-state index contributed by atoms with van der Waals surface area (Å²) in [6.45, 7) is 1.17. The molecule has 7 heteroatoms. The van der Waals surface area contributed by atoms with Crippen molar-refractivity contribution in [2.24, 2.45) is 0 Å². The zero-order valence-corrected chi connectivity index (χ0v) is 18.3. The molecular formula is C23H23BrFN3O2. The normalized spacial score (nSPS) is 10.6. The minimum atomic E-state index is -0.268. The molecule has 0 saturated carbocycles. The van der Waals surface area contributed by atoms with Gasteiger partial charge in [0.2, 0.25) is 5.62 Å². The van der Waals surface area contributed by atoms with Crippen LogP contribution in [-0.2, 0) is 13.1 Å². The lowest BCUT2D eigenvalue weighted by molar-refractivity contribution is 0.278. The van der Waals surface area contributed by atoms with Crippen LogP contribution in [-0.4, -0.2) is 22.9 Å². The van der Waals surface area contributed by atoms with Crippen molar-refractivity contribution in [2.75, 3.05) is 13.7 Å². The Morgan fingerprint density at radius 3 is 2.13 bits per heavy atom. The first kappa shape index (κ1) is 21.6. The molecule has 0 unspecified atom stereocenters. The third-order valence-corrected chi connectivity index (χ3v) is 4.90.